The van der Waals surface area contributed by atoms with Crippen molar-refractivity contribution < 1.29 is 14.3 Å². The number of epoxide rings is 1. The van der Waals surface area contributed by atoms with Crippen LogP contribution in [-0.2, 0) is 14.3 Å². The van der Waals surface area contributed by atoms with Crippen LogP contribution in [0.15, 0.2) is 12.2 Å². The fourth-order valence-corrected chi connectivity index (χ4v) is 1.71. The summed E-state index contributed by atoms with van der Waals surface area (Å²) >= 11 is 0. The quantitative estimate of drug-likeness (QED) is 0.380. The maximum Gasteiger partial charge on any atom is 0.333 e. The monoisotopic (exact) mass is 226 g/mol. The molecule has 0 N–H and O–H groups in total. The predicted octanol–water partition coefficient (Wildman–Crippen LogP) is 2.84. The van der Waals surface area contributed by atoms with Crippen molar-refractivity contribution in [3.63, 3.8) is 0 Å². The van der Waals surface area contributed by atoms with E-state index in [0.29, 0.717) is 17.8 Å². The van der Waals surface area contributed by atoms with E-state index in [9.17, 15) is 4.79 Å². The maximum absolute atomic E-state index is 11.2. The molecule has 16 heavy (non-hydrogen) atoms. The molecule has 0 aliphatic carbocycles. The Morgan fingerprint density at radius 3 is 2.62 bits per heavy atom. The minimum absolute atomic E-state index is 0.0457. The van der Waals surface area contributed by atoms with Crippen LogP contribution in [0, 0.1) is 0 Å². The smallest absolute Gasteiger partial charge is 0.333 e. The van der Waals surface area contributed by atoms with E-state index in [1.165, 1.54) is 6.42 Å². The first-order chi connectivity index (χ1) is 7.54. The summed E-state index contributed by atoms with van der Waals surface area (Å²) in [7, 11) is 0. The van der Waals surface area contributed by atoms with Crippen molar-refractivity contribution in [1.29, 1.82) is 0 Å². The summed E-state index contributed by atoms with van der Waals surface area (Å²) in [6.45, 7) is 9.29. The number of carbonyl (C=O) groups excluding carboxylic acids is 1. The summed E-state index contributed by atoms with van der Waals surface area (Å²) in [5, 5.41) is 0. The van der Waals surface area contributed by atoms with Crippen LogP contribution in [0.4, 0.5) is 0 Å². The zero-order chi connectivity index (χ0) is 12.1. The Bertz CT molecular complexity index is 260. The van der Waals surface area contributed by atoms with E-state index in [2.05, 4.69) is 13.5 Å². The molecule has 3 atom stereocenters. The van der Waals surface area contributed by atoms with Gasteiger partial charge in [-0.15, -0.1) is 0 Å². The molecule has 1 heterocycles. The molecule has 1 aliphatic rings. The molecule has 0 amide bonds. The second-order valence-electron chi connectivity index (χ2n) is 4.58. The van der Waals surface area contributed by atoms with Gasteiger partial charge in [-0.05, 0) is 33.1 Å². The van der Waals surface area contributed by atoms with Gasteiger partial charge in [-0.1, -0.05) is 19.9 Å². The second kappa shape index (κ2) is 6.04. The van der Waals surface area contributed by atoms with E-state index >= 15 is 0 Å². The standard InChI is InChI=1S/C13H22O3/c1-5-6-11-12(16-11)8-7-10(4)15-13(14)9(2)3/h10-12H,2,5-8H2,1,3-4H3. The van der Waals surface area contributed by atoms with Crippen LogP contribution < -0.4 is 0 Å². The minimum atomic E-state index is -0.297. The van der Waals surface area contributed by atoms with Gasteiger partial charge in [0.25, 0.3) is 0 Å². The average molecular weight is 226 g/mol. The number of carbonyl (C=O) groups is 1. The van der Waals surface area contributed by atoms with Crippen LogP contribution in [0.2, 0.25) is 0 Å². The van der Waals surface area contributed by atoms with E-state index in [4.69, 9.17) is 9.47 Å². The Kier molecular flexibility index (Phi) is 5.00. The molecular weight excluding hydrogens is 204 g/mol. The van der Waals surface area contributed by atoms with Gasteiger partial charge in [0.15, 0.2) is 0 Å². The van der Waals surface area contributed by atoms with Gasteiger partial charge in [-0.2, -0.15) is 0 Å². The van der Waals surface area contributed by atoms with Gasteiger partial charge >= 0.3 is 5.97 Å². The lowest BCUT2D eigenvalue weighted by Gasteiger charge is -2.12. The van der Waals surface area contributed by atoms with E-state index in [-0.39, 0.29) is 12.1 Å². The molecule has 92 valence electrons. The van der Waals surface area contributed by atoms with Crippen molar-refractivity contribution in [2.45, 2.75) is 64.8 Å². The molecule has 0 bridgehead atoms. The van der Waals surface area contributed by atoms with Gasteiger partial charge in [0, 0.05) is 5.57 Å². The van der Waals surface area contributed by atoms with Crippen LogP contribution >= 0.6 is 0 Å². The Morgan fingerprint density at radius 1 is 1.44 bits per heavy atom. The van der Waals surface area contributed by atoms with Crippen LogP contribution in [0.5, 0.6) is 0 Å². The zero-order valence-corrected chi connectivity index (χ0v) is 10.5. The molecule has 0 radical (unpaired) electrons. The molecule has 0 aromatic carbocycles. The highest BCUT2D eigenvalue weighted by atomic mass is 16.6. The molecule has 1 saturated heterocycles. The summed E-state index contributed by atoms with van der Waals surface area (Å²) in [5.74, 6) is -0.297. The maximum atomic E-state index is 11.2. The third-order valence-corrected chi connectivity index (χ3v) is 2.78. The van der Waals surface area contributed by atoms with Crippen molar-refractivity contribution in [2.24, 2.45) is 0 Å². The molecular formula is C13H22O3. The highest BCUT2D eigenvalue weighted by Gasteiger charge is 2.37. The molecule has 0 spiro atoms. The SMILES string of the molecule is C=C(C)C(=O)OC(C)CCC1OC1CCC. The number of hydrogen-bond acceptors (Lipinski definition) is 3. The minimum Gasteiger partial charge on any atom is -0.459 e. The first-order valence-electron chi connectivity index (χ1n) is 6.06. The Morgan fingerprint density at radius 2 is 2.06 bits per heavy atom. The average Bonchev–Trinajstić information content (AvgIpc) is 2.94. The van der Waals surface area contributed by atoms with Crippen LogP contribution in [-0.4, -0.2) is 24.3 Å². The van der Waals surface area contributed by atoms with Gasteiger partial charge in [0.2, 0.25) is 0 Å². The lowest BCUT2D eigenvalue weighted by molar-refractivity contribution is -0.143. The first-order valence-corrected chi connectivity index (χ1v) is 6.06. The lowest BCUT2D eigenvalue weighted by Crippen LogP contribution is -2.16. The van der Waals surface area contributed by atoms with E-state index in [1.54, 1.807) is 6.92 Å². The molecule has 0 aromatic heterocycles. The first kappa shape index (κ1) is 13.2. The molecule has 3 nitrogen and oxygen atoms in total. The number of hydrogen-bond donors (Lipinski definition) is 0. The van der Waals surface area contributed by atoms with Gasteiger partial charge in [0.1, 0.15) is 0 Å². The number of esters is 1. The van der Waals surface area contributed by atoms with E-state index in [0.717, 1.165) is 19.3 Å². The van der Waals surface area contributed by atoms with Gasteiger partial charge in [-0.25, -0.2) is 4.79 Å². The second-order valence-corrected chi connectivity index (χ2v) is 4.58. The Hall–Kier alpha value is -0.830. The third-order valence-electron chi connectivity index (χ3n) is 2.78. The normalized spacial score (nSPS) is 24.9. The number of ether oxygens (including phenoxy) is 2. The molecule has 1 fully saturated rings. The van der Waals surface area contributed by atoms with Crippen molar-refractivity contribution in [3.8, 4) is 0 Å². The van der Waals surface area contributed by atoms with Crippen molar-refractivity contribution in [1.82, 2.24) is 0 Å². The summed E-state index contributed by atoms with van der Waals surface area (Å²) in [5.41, 5.74) is 0.457. The third kappa shape index (κ3) is 4.35. The molecule has 3 unspecified atom stereocenters. The lowest BCUT2D eigenvalue weighted by atomic mass is 10.1. The van der Waals surface area contributed by atoms with Crippen molar-refractivity contribution >= 4 is 5.97 Å². The molecule has 0 aromatic rings. The Labute approximate surface area is 97.8 Å². The number of rotatable bonds is 7. The summed E-state index contributed by atoms with van der Waals surface area (Å²) in [6, 6.07) is 0. The van der Waals surface area contributed by atoms with E-state index < -0.39 is 0 Å². The highest BCUT2D eigenvalue weighted by Crippen LogP contribution is 2.30. The predicted molar refractivity (Wildman–Crippen MR) is 63.2 cm³/mol. The van der Waals surface area contributed by atoms with Crippen LogP contribution in [0.1, 0.15) is 46.5 Å². The summed E-state index contributed by atoms with van der Waals surface area (Å²) < 4.78 is 10.7. The van der Waals surface area contributed by atoms with Gasteiger partial charge in [-0.3, -0.25) is 0 Å². The fourth-order valence-electron chi connectivity index (χ4n) is 1.71. The Balaban J connectivity index is 2.10. The topological polar surface area (TPSA) is 38.8 Å². The van der Waals surface area contributed by atoms with Crippen molar-refractivity contribution in [2.75, 3.05) is 0 Å². The highest BCUT2D eigenvalue weighted by molar-refractivity contribution is 5.87. The van der Waals surface area contributed by atoms with Gasteiger partial charge in [0.05, 0.1) is 18.3 Å². The summed E-state index contributed by atoms with van der Waals surface area (Å²) in [4.78, 5) is 11.2. The van der Waals surface area contributed by atoms with Crippen LogP contribution in [0.25, 0.3) is 0 Å². The van der Waals surface area contributed by atoms with Gasteiger partial charge < -0.3 is 9.47 Å². The molecule has 1 rings (SSSR count). The molecule has 0 saturated carbocycles. The van der Waals surface area contributed by atoms with E-state index in [1.807, 2.05) is 6.92 Å². The molecule has 1 aliphatic heterocycles. The zero-order valence-electron chi connectivity index (χ0n) is 10.5. The van der Waals surface area contributed by atoms with Crippen molar-refractivity contribution in [3.05, 3.63) is 12.2 Å². The largest absolute Gasteiger partial charge is 0.459 e. The fraction of sp³-hybridized carbons (Fsp3) is 0.769. The van der Waals surface area contributed by atoms with Crippen LogP contribution in [0.3, 0.4) is 0 Å². The molecule has 3 heteroatoms. The summed E-state index contributed by atoms with van der Waals surface area (Å²) in [6.07, 6.45) is 4.96.